The van der Waals surface area contributed by atoms with Gasteiger partial charge in [-0.05, 0) is 35.7 Å². The molecule has 0 aromatic heterocycles. The Morgan fingerprint density at radius 1 is 1.00 bits per heavy atom. The maximum absolute atomic E-state index is 12.5. The molecule has 23 heavy (non-hydrogen) atoms. The summed E-state index contributed by atoms with van der Waals surface area (Å²) >= 11 is 0. The predicted molar refractivity (Wildman–Crippen MR) is 88.9 cm³/mol. The van der Waals surface area contributed by atoms with E-state index in [0.717, 1.165) is 17.1 Å². The van der Waals surface area contributed by atoms with Gasteiger partial charge in [-0.25, -0.2) is 0 Å². The molecule has 1 atom stereocenters. The number of benzene rings is 2. The van der Waals surface area contributed by atoms with E-state index >= 15 is 0 Å². The Labute approximate surface area is 136 Å². The highest BCUT2D eigenvalue weighted by Gasteiger charge is 2.21. The third-order valence-electron chi connectivity index (χ3n) is 3.91. The summed E-state index contributed by atoms with van der Waals surface area (Å²) < 4.78 is 11.2. The van der Waals surface area contributed by atoms with Crippen LogP contribution in [0, 0.1) is 5.92 Å². The summed E-state index contributed by atoms with van der Waals surface area (Å²) in [6.45, 7) is 5.31. The number of hydrogen-bond donors (Lipinski definition) is 1. The van der Waals surface area contributed by atoms with Crippen molar-refractivity contribution in [2.24, 2.45) is 5.92 Å². The van der Waals surface area contributed by atoms with Crippen molar-refractivity contribution in [2.45, 2.75) is 19.9 Å². The highest BCUT2D eigenvalue weighted by Crippen LogP contribution is 2.34. The molecule has 0 saturated carbocycles. The molecule has 0 aliphatic carbocycles. The van der Waals surface area contributed by atoms with E-state index in [1.807, 2.05) is 48.5 Å². The summed E-state index contributed by atoms with van der Waals surface area (Å²) in [5, 5.41) is 3.12. The van der Waals surface area contributed by atoms with Crippen LogP contribution in [0.3, 0.4) is 0 Å². The Bertz CT molecular complexity index is 682. The number of hydrogen-bond acceptors (Lipinski definition) is 3. The van der Waals surface area contributed by atoms with Crippen molar-refractivity contribution >= 4 is 5.91 Å². The van der Waals surface area contributed by atoms with Crippen LogP contribution < -0.4 is 14.8 Å². The van der Waals surface area contributed by atoms with Crippen molar-refractivity contribution in [3.63, 3.8) is 0 Å². The SMILES string of the molecule is CC(C)[C@@H](NC(=O)c1ccccc1)c1ccc2c(c1)OCCO2. The summed E-state index contributed by atoms with van der Waals surface area (Å²) in [4.78, 5) is 12.5. The minimum atomic E-state index is -0.0847. The maximum atomic E-state index is 12.5. The van der Waals surface area contributed by atoms with Gasteiger partial charge in [0.1, 0.15) is 13.2 Å². The van der Waals surface area contributed by atoms with Gasteiger partial charge in [0, 0.05) is 5.56 Å². The van der Waals surface area contributed by atoms with Crippen LogP contribution in [-0.2, 0) is 0 Å². The van der Waals surface area contributed by atoms with E-state index in [0.29, 0.717) is 18.8 Å². The van der Waals surface area contributed by atoms with Crippen LogP contribution in [0.5, 0.6) is 11.5 Å². The molecule has 120 valence electrons. The largest absolute Gasteiger partial charge is 0.486 e. The van der Waals surface area contributed by atoms with E-state index in [1.165, 1.54) is 0 Å². The van der Waals surface area contributed by atoms with E-state index in [4.69, 9.17) is 9.47 Å². The second-order valence-corrected chi connectivity index (χ2v) is 5.96. The quantitative estimate of drug-likeness (QED) is 0.939. The molecule has 0 saturated heterocycles. The summed E-state index contributed by atoms with van der Waals surface area (Å²) in [5.74, 6) is 1.69. The summed E-state index contributed by atoms with van der Waals surface area (Å²) in [6, 6.07) is 15.0. The molecule has 0 fully saturated rings. The van der Waals surface area contributed by atoms with Gasteiger partial charge < -0.3 is 14.8 Å². The van der Waals surface area contributed by atoms with Gasteiger partial charge in [0.05, 0.1) is 6.04 Å². The van der Waals surface area contributed by atoms with Crippen molar-refractivity contribution in [2.75, 3.05) is 13.2 Å². The standard InChI is InChI=1S/C19H21NO3/c1-13(2)18(20-19(21)14-6-4-3-5-7-14)15-8-9-16-17(12-15)23-11-10-22-16/h3-9,12-13,18H,10-11H2,1-2H3,(H,20,21)/t18-/m1/s1. The molecule has 4 heteroatoms. The van der Waals surface area contributed by atoms with E-state index in [2.05, 4.69) is 19.2 Å². The van der Waals surface area contributed by atoms with Crippen molar-refractivity contribution in [3.8, 4) is 11.5 Å². The molecule has 4 nitrogen and oxygen atoms in total. The van der Waals surface area contributed by atoms with E-state index in [-0.39, 0.29) is 17.9 Å². The second kappa shape index (κ2) is 6.73. The maximum Gasteiger partial charge on any atom is 0.251 e. The van der Waals surface area contributed by atoms with E-state index in [9.17, 15) is 4.79 Å². The van der Waals surface area contributed by atoms with Crippen LogP contribution in [0.25, 0.3) is 0 Å². The zero-order valence-corrected chi connectivity index (χ0v) is 13.4. The van der Waals surface area contributed by atoms with Crippen LogP contribution in [0.15, 0.2) is 48.5 Å². The van der Waals surface area contributed by atoms with Crippen LogP contribution in [0.4, 0.5) is 0 Å². The second-order valence-electron chi connectivity index (χ2n) is 5.96. The molecule has 3 rings (SSSR count). The smallest absolute Gasteiger partial charge is 0.251 e. The van der Waals surface area contributed by atoms with Gasteiger partial charge in [0.15, 0.2) is 11.5 Å². The molecule has 1 aliphatic rings. The molecule has 1 N–H and O–H groups in total. The van der Waals surface area contributed by atoms with Crippen molar-refractivity contribution < 1.29 is 14.3 Å². The van der Waals surface area contributed by atoms with Crippen LogP contribution in [-0.4, -0.2) is 19.1 Å². The van der Waals surface area contributed by atoms with Crippen molar-refractivity contribution in [1.29, 1.82) is 0 Å². The van der Waals surface area contributed by atoms with Gasteiger partial charge in [-0.15, -0.1) is 0 Å². The highest BCUT2D eigenvalue weighted by molar-refractivity contribution is 5.94. The Kier molecular flexibility index (Phi) is 4.51. The lowest BCUT2D eigenvalue weighted by atomic mass is 9.95. The molecular weight excluding hydrogens is 290 g/mol. The number of fused-ring (bicyclic) bond motifs is 1. The third-order valence-corrected chi connectivity index (χ3v) is 3.91. The Balaban J connectivity index is 1.83. The fourth-order valence-electron chi connectivity index (χ4n) is 2.70. The normalized spacial score (nSPS) is 14.4. The fourth-order valence-corrected chi connectivity index (χ4v) is 2.70. The first-order valence-electron chi connectivity index (χ1n) is 7.90. The van der Waals surface area contributed by atoms with E-state index < -0.39 is 0 Å². The number of nitrogens with one attached hydrogen (secondary N) is 1. The third kappa shape index (κ3) is 3.47. The number of carbonyl (C=O) groups is 1. The minimum absolute atomic E-state index is 0.0702. The summed E-state index contributed by atoms with van der Waals surface area (Å²) in [5.41, 5.74) is 1.68. The molecule has 0 bridgehead atoms. The van der Waals surface area contributed by atoms with Gasteiger partial charge in [-0.2, -0.15) is 0 Å². The number of rotatable bonds is 4. The molecule has 1 aliphatic heterocycles. The first-order valence-corrected chi connectivity index (χ1v) is 7.90. The molecule has 0 unspecified atom stereocenters. The van der Waals surface area contributed by atoms with Crippen molar-refractivity contribution in [3.05, 3.63) is 59.7 Å². The number of carbonyl (C=O) groups excluding carboxylic acids is 1. The molecule has 1 heterocycles. The average molecular weight is 311 g/mol. The highest BCUT2D eigenvalue weighted by atomic mass is 16.6. The lowest BCUT2D eigenvalue weighted by molar-refractivity contribution is 0.0925. The minimum Gasteiger partial charge on any atom is -0.486 e. The molecule has 1 amide bonds. The number of ether oxygens (including phenoxy) is 2. The molecule has 0 radical (unpaired) electrons. The van der Waals surface area contributed by atoms with Gasteiger partial charge in [-0.3, -0.25) is 4.79 Å². The zero-order valence-electron chi connectivity index (χ0n) is 13.4. The molecule has 2 aromatic carbocycles. The average Bonchev–Trinajstić information content (AvgIpc) is 2.59. The van der Waals surface area contributed by atoms with Gasteiger partial charge >= 0.3 is 0 Å². The van der Waals surface area contributed by atoms with Gasteiger partial charge in [0.25, 0.3) is 5.91 Å². The molecule has 2 aromatic rings. The topological polar surface area (TPSA) is 47.6 Å². The van der Waals surface area contributed by atoms with Gasteiger partial charge in [0.2, 0.25) is 0 Å². The van der Waals surface area contributed by atoms with Crippen molar-refractivity contribution in [1.82, 2.24) is 5.32 Å². The van der Waals surface area contributed by atoms with Crippen LogP contribution in [0.1, 0.15) is 35.8 Å². The Morgan fingerprint density at radius 2 is 1.70 bits per heavy atom. The zero-order chi connectivity index (χ0) is 16.2. The summed E-state index contributed by atoms with van der Waals surface area (Å²) in [6.07, 6.45) is 0. The molecule has 0 spiro atoms. The van der Waals surface area contributed by atoms with Crippen LogP contribution in [0.2, 0.25) is 0 Å². The van der Waals surface area contributed by atoms with Crippen LogP contribution >= 0.6 is 0 Å². The van der Waals surface area contributed by atoms with E-state index in [1.54, 1.807) is 0 Å². The number of amides is 1. The Morgan fingerprint density at radius 3 is 2.39 bits per heavy atom. The lowest BCUT2D eigenvalue weighted by Crippen LogP contribution is -2.31. The predicted octanol–water partition coefficient (Wildman–Crippen LogP) is 3.58. The van der Waals surface area contributed by atoms with Gasteiger partial charge in [-0.1, -0.05) is 38.1 Å². The first kappa shape index (κ1) is 15.4. The summed E-state index contributed by atoms with van der Waals surface area (Å²) in [7, 11) is 0. The first-order chi connectivity index (χ1) is 11.1. The Hall–Kier alpha value is -2.49. The molecular formula is C19H21NO3. The fraction of sp³-hybridized carbons (Fsp3) is 0.316. The lowest BCUT2D eigenvalue weighted by Gasteiger charge is -2.25. The monoisotopic (exact) mass is 311 g/mol.